The van der Waals surface area contributed by atoms with Crippen LogP contribution in [0.4, 0.5) is 0 Å². The SMILES string of the molecule is CCCNC(c1ccc2cccnc2c1)C1(C)CC1. The van der Waals surface area contributed by atoms with E-state index in [1.54, 1.807) is 0 Å². The van der Waals surface area contributed by atoms with Crippen LogP contribution in [0.25, 0.3) is 10.9 Å². The molecular weight excluding hydrogens is 232 g/mol. The van der Waals surface area contributed by atoms with E-state index in [-0.39, 0.29) is 0 Å². The Bertz CT molecular complexity index is 572. The highest BCUT2D eigenvalue weighted by Gasteiger charge is 2.45. The van der Waals surface area contributed by atoms with Crippen LogP contribution in [-0.2, 0) is 0 Å². The molecule has 0 radical (unpaired) electrons. The Morgan fingerprint density at radius 3 is 2.89 bits per heavy atom. The number of nitrogens with one attached hydrogen (secondary N) is 1. The zero-order chi connectivity index (χ0) is 13.3. The van der Waals surface area contributed by atoms with Crippen molar-refractivity contribution >= 4 is 10.9 Å². The second-order valence-electron chi connectivity index (χ2n) is 6.00. The number of hydrogen-bond acceptors (Lipinski definition) is 2. The maximum atomic E-state index is 4.48. The molecule has 1 atom stereocenters. The second kappa shape index (κ2) is 4.93. The maximum absolute atomic E-state index is 4.48. The molecule has 1 aliphatic rings. The molecule has 100 valence electrons. The molecule has 0 amide bonds. The van der Waals surface area contributed by atoms with Crippen LogP contribution < -0.4 is 5.32 Å². The molecule has 1 aliphatic carbocycles. The number of pyridine rings is 1. The van der Waals surface area contributed by atoms with Gasteiger partial charge in [0.25, 0.3) is 0 Å². The summed E-state index contributed by atoms with van der Waals surface area (Å²) >= 11 is 0. The number of fused-ring (bicyclic) bond motifs is 1. The van der Waals surface area contributed by atoms with Gasteiger partial charge in [0.2, 0.25) is 0 Å². The van der Waals surface area contributed by atoms with E-state index in [4.69, 9.17) is 0 Å². The molecule has 2 heteroatoms. The summed E-state index contributed by atoms with van der Waals surface area (Å²) in [6, 6.07) is 11.3. The van der Waals surface area contributed by atoms with Crippen LogP contribution in [-0.4, -0.2) is 11.5 Å². The molecule has 19 heavy (non-hydrogen) atoms. The predicted molar refractivity (Wildman–Crippen MR) is 80.1 cm³/mol. The summed E-state index contributed by atoms with van der Waals surface area (Å²) in [5.74, 6) is 0. The first-order valence-electron chi connectivity index (χ1n) is 7.31. The van der Waals surface area contributed by atoms with E-state index in [2.05, 4.69) is 48.4 Å². The fourth-order valence-electron chi connectivity index (χ4n) is 2.80. The van der Waals surface area contributed by atoms with Crippen LogP contribution in [0.5, 0.6) is 0 Å². The van der Waals surface area contributed by atoms with E-state index < -0.39 is 0 Å². The Kier molecular flexibility index (Phi) is 3.28. The lowest BCUT2D eigenvalue weighted by Crippen LogP contribution is -2.28. The van der Waals surface area contributed by atoms with Crippen molar-refractivity contribution in [3.05, 3.63) is 42.1 Å². The van der Waals surface area contributed by atoms with E-state index in [1.807, 2.05) is 12.3 Å². The molecule has 3 rings (SSSR count). The maximum Gasteiger partial charge on any atom is 0.0705 e. The van der Waals surface area contributed by atoms with Gasteiger partial charge in [0.15, 0.2) is 0 Å². The largest absolute Gasteiger partial charge is 0.309 e. The van der Waals surface area contributed by atoms with Gasteiger partial charge in [0.05, 0.1) is 5.52 Å². The molecule has 2 aromatic rings. The highest BCUT2D eigenvalue weighted by molar-refractivity contribution is 5.79. The molecular formula is C17H22N2. The number of benzene rings is 1. The zero-order valence-electron chi connectivity index (χ0n) is 11.8. The lowest BCUT2D eigenvalue weighted by atomic mass is 9.91. The van der Waals surface area contributed by atoms with Crippen LogP contribution in [0.2, 0.25) is 0 Å². The molecule has 1 aromatic carbocycles. The van der Waals surface area contributed by atoms with Crippen LogP contribution >= 0.6 is 0 Å². The Labute approximate surface area is 115 Å². The molecule has 1 fully saturated rings. The van der Waals surface area contributed by atoms with Gasteiger partial charge in [0.1, 0.15) is 0 Å². The minimum Gasteiger partial charge on any atom is -0.309 e. The van der Waals surface area contributed by atoms with Crippen molar-refractivity contribution < 1.29 is 0 Å². The van der Waals surface area contributed by atoms with Gasteiger partial charge in [-0.2, -0.15) is 0 Å². The van der Waals surface area contributed by atoms with Crippen LogP contribution in [0, 0.1) is 5.41 Å². The first-order valence-corrected chi connectivity index (χ1v) is 7.31. The molecule has 0 bridgehead atoms. The average Bonchev–Trinajstić information content (AvgIpc) is 3.18. The molecule has 0 spiro atoms. The van der Waals surface area contributed by atoms with Crippen molar-refractivity contribution in [2.75, 3.05) is 6.54 Å². The summed E-state index contributed by atoms with van der Waals surface area (Å²) in [6.07, 6.45) is 5.71. The van der Waals surface area contributed by atoms with Gasteiger partial charge in [-0.05, 0) is 48.9 Å². The van der Waals surface area contributed by atoms with E-state index in [9.17, 15) is 0 Å². The molecule has 1 aromatic heterocycles. The minimum atomic E-state index is 0.442. The van der Waals surface area contributed by atoms with E-state index in [1.165, 1.54) is 30.2 Å². The van der Waals surface area contributed by atoms with Gasteiger partial charge in [-0.15, -0.1) is 0 Å². The Morgan fingerprint density at radius 2 is 2.16 bits per heavy atom. The predicted octanol–water partition coefficient (Wildman–Crippen LogP) is 4.08. The quantitative estimate of drug-likeness (QED) is 0.869. The molecule has 1 N–H and O–H groups in total. The standard InChI is InChI=1S/C17H22N2/c1-3-10-19-16(17(2)8-9-17)14-7-6-13-5-4-11-18-15(13)12-14/h4-7,11-12,16,19H,3,8-10H2,1-2H3. The zero-order valence-corrected chi connectivity index (χ0v) is 11.8. The van der Waals surface area contributed by atoms with Crippen molar-refractivity contribution in [3.63, 3.8) is 0 Å². The summed E-state index contributed by atoms with van der Waals surface area (Å²) in [7, 11) is 0. The van der Waals surface area contributed by atoms with Crippen LogP contribution in [0.1, 0.15) is 44.7 Å². The Hall–Kier alpha value is -1.41. The van der Waals surface area contributed by atoms with Gasteiger partial charge in [-0.25, -0.2) is 0 Å². The molecule has 0 saturated heterocycles. The Morgan fingerprint density at radius 1 is 1.32 bits per heavy atom. The molecule has 0 aliphatic heterocycles. The van der Waals surface area contributed by atoms with Crippen molar-refractivity contribution in [1.29, 1.82) is 0 Å². The van der Waals surface area contributed by atoms with Crippen LogP contribution in [0.3, 0.4) is 0 Å². The highest BCUT2D eigenvalue weighted by atomic mass is 14.9. The molecule has 1 saturated carbocycles. The summed E-state index contributed by atoms with van der Waals surface area (Å²) in [6.45, 7) is 5.70. The first-order chi connectivity index (χ1) is 9.23. The number of rotatable bonds is 5. The third-order valence-electron chi connectivity index (χ3n) is 4.30. The average molecular weight is 254 g/mol. The van der Waals surface area contributed by atoms with Gasteiger partial charge in [-0.1, -0.05) is 32.0 Å². The van der Waals surface area contributed by atoms with E-state index in [0.29, 0.717) is 11.5 Å². The topological polar surface area (TPSA) is 24.9 Å². The third-order valence-corrected chi connectivity index (χ3v) is 4.30. The number of aromatic nitrogens is 1. The minimum absolute atomic E-state index is 0.442. The van der Waals surface area contributed by atoms with Gasteiger partial charge in [0, 0.05) is 17.6 Å². The monoisotopic (exact) mass is 254 g/mol. The lowest BCUT2D eigenvalue weighted by Gasteiger charge is -2.25. The summed E-state index contributed by atoms with van der Waals surface area (Å²) < 4.78 is 0. The normalized spacial score (nSPS) is 18.4. The van der Waals surface area contributed by atoms with Crippen molar-refractivity contribution in [2.45, 2.75) is 39.2 Å². The van der Waals surface area contributed by atoms with Gasteiger partial charge < -0.3 is 5.32 Å². The summed E-state index contributed by atoms with van der Waals surface area (Å²) in [5, 5.41) is 4.95. The Balaban J connectivity index is 1.95. The first kappa shape index (κ1) is 12.6. The van der Waals surface area contributed by atoms with Gasteiger partial charge in [-0.3, -0.25) is 4.98 Å². The summed E-state index contributed by atoms with van der Waals surface area (Å²) in [4.78, 5) is 4.48. The highest BCUT2D eigenvalue weighted by Crippen LogP contribution is 2.54. The fourth-order valence-corrected chi connectivity index (χ4v) is 2.80. The lowest BCUT2D eigenvalue weighted by molar-refractivity contribution is 0.367. The molecule has 1 heterocycles. The van der Waals surface area contributed by atoms with E-state index >= 15 is 0 Å². The molecule has 1 unspecified atom stereocenters. The van der Waals surface area contributed by atoms with Gasteiger partial charge >= 0.3 is 0 Å². The molecule has 2 nitrogen and oxygen atoms in total. The smallest absolute Gasteiger partial charge is 0.0705 e. The van der Waals surface area contributed by atoms with Crippen LogP contribution in [0.15, 0.2) is 36.5 Å². The van der Waals surface area contributed by atoms with Crippen molar-refractivity contribution in [2.24, 2.45) is 5.41 Å². The third kappa shape index (κ3) is 2.50. The van der Waals surface area contributed by atoms with E-state index in [0.717, 1.165) is 12.1 Å². The number of nitrogens with zero attached hydrogens (tertiary/aromatic N) is 1. The second-order valence-corrected chi connectivity index (χ2v) is 6.00. The summed E-state index contributed by atoms with van der Waals surface area (Å²) in [5.41, 5.74) is 2.93. The van der Waals surface area contributed by atoms with Crippen molar-refractivity contribution in [1.82, 2.24) is 10.3 Å². The fraction of sp³-hybridized carbons (Fsp3) is 0.471. The van der Waals surface area contributed by atoms with Crippen molar-refractivity contribution in [3.8, 4) is 0 Å². The number of hydrogen-bond donors (Lipinski definition) is 1.